The van der Waals surface area contributed by atoms with Crippen LogP contribution >= 0.6 is 24.8 Å². The van der Waals surface area contributed by atoms with Gasteiger partial charge in [0.15, 0.2) is 0 Å². The largest absolute Gasteiger partial charge is 0.356 e. The second-order valence-electron chi connectivity index (χ2n) is 8.03. The van der Waals surface area contributed by atoms with E-state index in [4.69, 9.17) is 0 Å². The predicted molar refractivity (Wildman–Crippen MR) is 122 cm³/mol. The Morgan fingerprint density at radius 1 is 1.07 bits per heavy atom. The smallest absolute Gasteiger partial charge is 0.221 e. The summed E-state index contributed by atoms with van der Waals surface area (Å²) < 4.78 is 0. The molecule has 0 aliphatic carbocycles. The molecule has 2 fully saturated rings. The fourth-order valence-corrected chi connectivity index (χ4v) is 4.28. The number of rotatable bonds is 9. The van der Waals surface area contributed by atoms with Gasteiger partial charge in [0.05, 0.1) is 0 Å². The maximum Gasteiger partial charge on any atom is 0.221 e. The summed E-state index contributed by atoms with van der Waals surface area (Å²) in [5.74, 6) is 1.06. The number of amides is 1. The minimum atomic E-state index is 0. The quantitative estimate of drug-likeness (QED) is 0.586. The molecule has 2 heterocycles. The van der Waals surface area contributed by atoms with Gasteiger partial charge in [-0.25, -0.2) is 0 Å². The molecule has 4 nitrogen and oxygen atoms in total. The van der Waals surface area contributed by atoms with Gasteiger partial charge >= 0.3 is 0 Å². The van der Waals surface area contributed by atoms with E-state index in [1.807, 2.05) is 0 Å². The lowest BCUT2D eigenvalue weighted by Gasteiger charge is -2.32. The van der Waals surface area contributed by atoms with E-state index in [1.165, 1.54) is 57.3 Å². The lowest BCUT2D eigenvalue weighted by Crippen LogP contribution is -2.35. The molecule has 1 unspecified atom stereocenters. The minimum Gasteiger partial charge on any atom is -0.356 e. The lowest BCUT2D eigenvalue weighted by atomic mass is 9.90. The maximum absolute atomic E-state index is 11.9. The minimum absolute atomic E-state index is 0. The van der Waals surface area contributed by atoms with E-state index in [1.54, 1.807) is 0 Å². The maximum atomic E-state index is 11.9. The lowest BCUT2D eigenvalue weighted by molar-refractivity contribution is -0.121. The molecule has 28 heavy (non-hydrogen) atoms. The molecule has 1 aromatic carbocycles. The van der Waals surface area contributed by atoms with Crippen LogP contribution in [0.2, 0.25) is 0 Å². The van der Waals surface area contributed by atoms with Crippen molar-refractivity contribution in [1.82, 2.24) is 15.5 Å². The number of unbranched alkanes of at least 4 members (excludes halogenated alkanes) is 1. The van der Waals surface area contributed by atoms with Crippen molar-refractivity contribution in [2.45, 2.75) is 57.4 Å². The number of benzene rings is 1. The summed E-state index contributed by atoms with van der Waals surface area (Å²) in [6.45, 7) is 5.54. The van der Waals surface area contributed by atoms with Crippen LogP contribution < -0.4 is 10.6 Å². The number of nitrogens with zero attached hydrogens (tertiary/aromatic N) is 1. The van der Waals surface area contributed by atoms with Crippen LogP contribution in [0.15, 0.2) is 30.3 Å². The normalized spacial score (nSPS) is 20.2. The second kappa shape index (κ2) is 14.2. The van der Waals surface area contributed by atoms with Crippen molar-refractivity contribution in [3.05, 3.63) is 35.9 Å². The number of piperidine rings is 1. The molecule has 1 aromatic rings. The third kappa shape index (κ3) is 9.13. The Kier molecular flexibility index (Phi) is 12.8. The SMILES string of the molecule is Cl.Cl.O=C(CC1CCCN1)NCCCCN1CCC(Cc2ccccc2)CC1. The Bertz CT molecular complexity index is 530. The van der Waals surface area contributed by atoms with Crippen LogP contribution in [0.5, 0.6) is 0 Å². The van der Waals surface area contributed by atoms with Crippen molar-refractivity contribution in [2.24, 2.45) is 5.92 Å². The molecule has 2 saturated heterocycles. The highest BCUT2D eigenvalue weighted by atomic mass is 35.5. The van der Waals surface area contributed by atoms with Crippen LogP contribution in [0, 0.1) is 5.92 Å². The van der Waals surface area contributed by atoms with Crippen molar-refractivity contribution >= 4 is 30.7 Å². The van der Waals surface area contributed by atoms with Crippen molar-refractivity contribution < 1.29 is 4.79 Å². The Morgan fingerprint density at radius 2 is 1.82 bits per heavy atom. The van der Waals surface area contributed by atoms with E-state index in [2.05, 4.69) is 45.9 Å². The first-order chi connectivity index (χ1) is 12.8. The second-order valence-corrected chi connectivity index (χ2v) is 8.03. The number of carbonyl (C=O) groups excluding carboxylic acids is 1. The van der Waals surface area contributed by atoms with Crippen molar-refractivity contribution in [3.8, 4) is 0 Å². The molecule has 0 aromatic heterocycles. The molecule has 3 rings (SSSR count). The average molecular weight is 430 g/mol. The third-order valence-corrected chi connectivity index (χ3v) is 5.89. The Balaban J connectivity index is 0.00000196. The first-order valence-corrected chi connectivity index (χ1v) is 10.6. The molecular weight excluding hydrogens is 393 g/mol. The number of hydrogen-bond acceptors (Lipinski definition) is 3. The summed E-state index contributed by atoms with van der Waals surface area (Å²) in [4.78, 5) is 14.5. The van der Waals surface area contributed by atoms with Crippen LogP contribution in [0.1, 0.15) is 50.5 Å². The zero-order valence-corrected chi connectivity index (χ0v) is 18.5. The van der Waals surface area contributed by atoms with Crippen LogP contribution in [-0.2, 0) is 11.2 Å². The van der Waals surface area contributed by atoms with Gasteiger partial charge in [0.2, 0.25) is 5.91 Å². The molecule has 1 atom stereocenters. The number of likely N-dealkylation sites (tertiary alicyclic amines) is 1. The molecule has 160 valence electrons. The van der Waals surface area contributed by atoms with Crippen LogP contribution in [0.3, 0.4) is 0 Å². The average Bonchev–Trinajstić information content (AvgIpc) is 3.16. The summed E-state index contributed by atoms with van der Waals surface area (Å²) in [5, 5.41) is 6.47. The van der Waals surface area contributed by atoms with Crippen LogP contribution in [-0.4, -0.2) is 49.6 Å². The van der Waals surface area contributed by atoms with Gasteiger partial charge < -0.3 is 15.5 Å². The highest BCUT2D eigenvalue weighted by molar-refractivity contribution is 5.85. The molecule has 0 bridgehead atoms. The zero-order valence-electron chi connectivity index (χ0n) is 16.9. The topological polar surface area (TPSA) is 44.4 Å². The summed E-state index contributed by atoms with van der Waals surface area (Å²) in [7, 11) is 0. The highest BCUT2D eigenvalue weighted by Crippen LogP contribution is 2.21. The highest BCUT2D eigenvalue weighted by Gasteiger charge is 2.19. The van der Waals surface area contributed by atoms with Gasteiger partial charge in [-0.1, -0.05) is 30.3 Å². The number of hydrogen-bond donors (Lipinski definition) is 2. The fourth-order valence-electron chi connectivity index (χ4n) is 4.28. The van der Waals surface area contributed by atoms with Gasteiger partial charge in [-0.15, -0.1) is 24.8 Å². The summed E-state index contributed by atoms with van der Waals surface area (Å²) in [6, 6.07) is 11.3. The van der Waals surface area contributed by atoms with E-state index in [9.17, 15) is 4.79 Å². The van der Waals surface area contributed by atoms with Gasteiger partial charge in [0, 0.05) is 19.0 Å². The van der Waals surface area contributed by atoms with Gasteiger partial charge in [0.1, 0.15) is 0 Å². The molecule has 0 radical (unpaired) electrons. The predicted octanol–water partition coefficient (Wildman–Crippen LogP) is 3.82. The number of nitrogens with one attached hydrogen (secondary N) is 2. The summed E-state index contributed by atoms with van der Waals surface area (Å²) in [5.41, 5.74) is 1.48. The van der Waals surface area contributed by atoms with Crippen molar-refractivity contribution in [2.75, 3.05) is 32.7 Å². The van der Waals surface area contributed by atoms with E-state index in [-0.39, 0.29) is 30.7 Å². The number of carbonyl (C=O) groups is 1. The molecule has 1 amide bonds. The molecule has 6 heteroatoms. The number of halogens is 2. The molecule has 2 aliphatic heterocycles. The fraction of sp³-hybridized carbons (Fsp3) is 0.682. The van der Waals surface area contributed by atoms with Gasteiger partial charge in [0.25, 0.3) is 0 Å². The standard InChI is InChI=1S/C22H35N3O.2ClH/c26-22(18-21-9-6-13-23-21)24-12-4-5-14-25-15-10-20(11-16-25)17-19-7-2-1-3-8-19;;/h1-3,7-8,20-21,23H,4-6,9-18H2,(H,24,26);2*1H. The van der Waals surface area contributed by atoms with E-state index in [0.717, 1.165) is 31.8 Å². The van der Waals surface area contributed by atoms with Crippen molar-refractivity contribution in [3.63, 3.8) is 0 Å². The van der Waals surface area contributed by atoms with Gasteiger partial charge in [-0.3, -0.25) is 4.79 Å². The third-order valence-electron chi connectivity index (χ3n) is 5.89. The molecular formula is C22H37Cl2N3O. The Morgan fingerprint density at radius 3 is 2.50 bits per heavy atom. The van der Waals surface area contributed by atoms with E-state index in [0.29, 0.717) is 12.5 Å². The Labute approximate surface area is 183 Å². The van der Waals surface area contributed by atoms with Crippen LogP contribution in [0.25, 0.3) is 0 Å². The zero-order chi connectivity index (χ0) is 18.0. The first-order valence-electron chi connectivity index (χ1n) is 10.6. The van der Waals surface area contributed by atoms with Crippen LogP contribution in [0.4, 0.5) is 0 Å². The Hall–Kier alpha value is -0.810. The summed E-state index contributed by atoms with van der Waals surface area (Å²) in [6.07, 6.45) is 9.15. The van der Waals surface area contributed by atoms with E-state index < -0.39 is 0 Å². The van der Waals surface area contributed by atoms with Gasteiger partial charge in [-0.2, -0.15) is 0 Å². The monoisotopic (exact) mass is 429 g/mol. The van der Waals surface area contributed by atoms with E-state index >= 15 is 0 Å². The first kappa shape index (κ1) is 25.2. The molecule has 0 saturated carbocycles. The molecule has 0 spiro atoms. The molecule has 2 aliphatic rings. The van der Waals surface area contributed by atoms with Crippen molar-refractivity contribution in [1.29, 1.82) is 0 Å². The summed E-state index contributed by atoms with van der Waals surface area (Å²) >= 11 is 0. The van der Waals surface area contributed by atoms with Gasteiger partial charge in [-0.05, 0) is 82.6 Å². The molecule has 2 N–H and O–H groups in total.